The van der Waals surface area contributed by atoms with Crippen molar-refractivity contribution in [2.45, 2.75) is 31.7 Å². The molecule has 2 heterocycles. The van der Waals surface area contributed by atoms with Crippen LogP contribution < -0.4 is 16.7 Å². The third-order valence-electron chi connectivity index (χ3n) is 4.82. The third-order valence-corrected chi connectivity index (χ3v) is 4.82. The molecular weight excluding hydrogens is 302 g/mol. The average Bonchev–Trinajstić information content (AvgIpc) is 3.16. The highest BCUT2D eigenvalue weighted by Gasteiger charge is 2.23. The van der Waals surface area contributed by atoms with Gasteiger partial charge in [0.15, 0.2) is 0 Å². The molecular formula is C18H21N5O. The zero-order valence-corrected chi connectivity index (χ0v) is 13.7. The number of imidazole rings is 1. The molecule has 6 heteroatoms. The predicted octanol–water partition coefficient (Wildman–Crippen LogP) is 3.18. The van der Waals surface area contributed by atoms with E-state index < -0.39 is 0 Å². The molecule has 24 heavy (non-hydrogen) atoms. The number of nitrogens with zero attached hydrogens (tertiary/aromatic N) is 3. The Labute approximate surface area is 139 Å². The number of hydrogen-bond donors (Lipinski definition) is 2. The first kappa shape index (κ1) is 14.8. The van der Waals surface area contributed by atoms with Crippen LogP contribution >= 0.6 is 0 Å². The molecule has 6 nitrogen and oxygen atoms in total. The van der Waals surface area contributed by atoms with E-state index in [1.54, 1.807) is 10.8 Å². The summed E-state index contributed by atoms with van der Waals surface area (Å²) in [7, 11) is 1.81. The molecule has 0 bridgehead atoms. The molecule has 3 aromatic rings. The molecule has 4 rings (SSSR count). The maximum absolute atomic E-state index is 12.7. The number of nitrogen functional groups attached to an aromatic ring is 1. The van der Waals surface area contributed by atoms with Crippen LogP contribution in [0.5, 0.6) is 0 Å². The molecule has 1 aliphatic carbocycles. The van der Waals surface area contributed by atoms with Crippen LogP contribution in [0.25, 0.3) is 11.0 Å². The lowest BCUT2D eigenvalue weighted by atomic mass is 10.2. The van der Waals surface area contributed by atoms with Gasteiger partial charge in [0.2, 0.25) is 0 Å². The zero-order valence-electron chi connectivity index (χ0n) is 13.7. The number of fused-ring (bicyclic) bond motifs is 1. The van der Waals surface area contributed by atoms with Crippen LogP contribution in [0, 0.1) is 0 Å². The van der Waals surface area contributed by atoms with Gasteiger partial charge in [-0.25, -0.2) is 9.78 Å². The zero-order chi connectivity index (χ0) is 16.7. The number of nitrogens with one attached hydrogen (secondary N) is 1. The summed E-state index contributed by atoms with van der Waals surface area (Å²) in [4.78, 5) is 17.1. The summed E-state index contributed by atoms with van der Waals surface area (Å²) in [5.41, 5.74) is 9.25. The first-order valence-electron chi connectivity index (χ1n) is 8.33. The molecule has 0 unspecified atom stereocenters. The van der Waals surface area contributed by atoms with Gasteiger partial charge in [-0.3, -0.25) is 9.13 Å². The molecule has 0 saturated heterocycles. The van der Waals surface area contributed by atoms with Crippen molar-refractivity contribution in [3.63, 3.8) is 0 Å². The number of aryl methyl sites for hydroxylation is 1. The van der Waals surface area contributed by atoms with Crippen LogP contribution in [0.4, 0.5) is 17.2 Å². The molecule has 0 spiro atoms. The van der Waals surface area contributed by atoms with Gasteiger partial charge in [-0.1, -0.05) is 18.9 Å². The molecule has 3 N–H and O–H groups in total. The molecule has 2 aromatic heterocycles. The Morgan fingerprint density at radius 1 is 1.21 bits per heavy atom. The Bertz CT molecular complexity index is 950. The van der Waals surface area contributed by atoms with E-state index in [0.717, 1.165) is 29.6 Å². The van der Waals surface area contributed by atoms with Gasteiger partial charge in [-0.2, -0.15) is 0 Å². The summed E-state index contributed by atoms with van der Waals surface area (Å²) in [5, 5.41) is 3.27. The number of hydrogen-bond acceptors (Lipinski definition) is 4. The van der Waals surface area contributed by atoms with E-state index >= 15 is 0 Å². The summed E-state index contributed by atoms with van der Waals surface area (Å²) < 4.78 is 3.62. The number of anilines is 3. The molecule has 0 amide bonds. The number of benzene rings is 1. The molecule has 124 valence electrons. The maximum Gasteiger partial charge on any atom is 0.329 e. The fourth-order valence-electron chi connectivity index (χ4n) is 3.60. The average molecular weight is 323 g/mol. The van der Waals surface area contributed by atoms with Crippen molar-refractivity contribution in [1.29, 1.82) is 0 Å². The maximum atomic E-state index is 12.7. The Balaban J connectivity index is 1.79. The van der Waals surface area contributed by atoms with E-state index in [1.807, 2.05) is 41.9 Å². The topological polar surface area (TPSA) is 77.9 Å². The fourth-order valence-corrected chi connectivity index (χ4v) is 3.60. The monoisotopic (exact) mass is 323 g/mol. The lowest BCUT2D eigenvalue weighted by molar-refractivity contribution is 0.509. The van der Waals surface area contributed by atoms with Crippen molar-refractivity contribution < 1.29 is 0 Å². The summed E-state index contributed by atoms with van der Waals surface area (Å²) in [6, 6.07) is 9.80. The van der Waals surface area contributed by atoms with Crippen LogP contribution in [0.1, 0.15) is 31.7 Å². The Morgan fingerprint density at radius 2 is 2.00 bits per heavy atom. The van der Waals surface area contributed by atoms with E-state index in [4.69, 9.17) is 5.73 Å². The van der Waals surface area contributed by atoms with Crippen molar-refractivity contribution in [1.82, 2.24) is 14.1 Å². The van der Waals surface area contributed by atoms with E-state index in [-0.39, 0.29) is 5.69 Å². The summed E-state index contributed by atoms with van der Waals surface area (Å²) >= 11 is 0. The summed E-state index contributed by atoms with van der Waals surface area (Å²) in [6.07, 6.45) is 6.27. The van der Waals surface area contributed by atoms with E-state index in [2.05, 4.69) is 10.3 Å². The highest BCUT2D eigenvalue weighted by Crippen LogP contribution is 2.31. The van der Waals surface area contributed by atoms with Gasteiger partial charge >= 0.3 is 5.69 Å². The lowest BCUT2D eigenvalue weighted by Crippen LogP contribution is -2.24. The predicted molar refractivity (Wildman–Crippen MR) is 96.6 cm³/mol. The highest BCUT2D eigenvalue weighted by molar-refractivity contribution is 5.79. The number of rotatable bonds is 3. The van der Waals surface area contributed by atoms with Crippen LogP contribution in [-0.4, -0.2) is 14.1 Å². The van der Waals surface area contributed by atoms with Gasteiger partial charge in [0.05, 0.1) is 17.2 Å². The third kappa shape index (κ3) is 2.44. The second kappa shape index (κ2) is 5.70. The van der Waals surface area contributed by atoms with Crippen molar-refractivity contribution in [2.75, 3.05) is 11.1 Å². The molecule has 1 aliphatic rings. The minimum absolute atomic E-state index is 0.0415. The van der Waals surface area contributed by atoms with Crippen molar-refractivity contribution in [3.8, 4) is 0 Å². The molecule has 1 aromatic carbocycles. The van der Waals surface area contributed by atoms with Crippen LogP contribution in [0.3, 0.4) is 0 Å². The Morgan fingerprint density at radius 3 is 2.75 bits per heavy atom. The standard InChI is InChI=1S/C18H21N5O/c1-22-16-11-20-17(21-13-6-4-5-12(19)9-13)10-15(16)23(18(22)24)14-7-2-3-8-14/h4-6,9-11,14H,2-3,7-8,19H2,1H3,(H,20,21). The molecule has 1 fully saturated rings. The van der Waals surface area contributed by atoms with Gasteiger partial charge in [0, 0.05) is 30.5 Å². The highest BCUT2D eigenvalue weighted by atomic mass is 16.1. The Hall–Kier alpha value is -2.76. The minimum atomic E-state index is 0.0415. The molecule has 0 radical (unpaired) electrons. The minimum Gasteiger partial charge on any atom is -0.399 e. The van der Waals surface area contributed by atoms with Crippen LogP contribution in [-0.2, 0) is 7.05 Å². The number of nitrogens with two attached hydrogens (primary N) is 1. The lowest BCUT2D eigenvalue weighted by Gasteiger charge is -2.12. The first-order valence-corrected chi connectivity index (χ1v) is 8.33. The normalized spacial score (nSPS) is 15.2. The largest absolute Gasteiger partial charge is 0.399 e. The van der Waals surface area contributed by atoms with Crippen molar-refractivity contribution >= 4 is 28.2 Å². The van der Waals surface area contributed by atoms with E-state index in [0.29, 0.717) is 17.5 Å². The van der Waals surface area contributed by atoms with Gasteiger partial charge in [-0.15, -0.1) is 0 Å². The number of aromatic nitrogens is 3. The smallest absolute Gasteiger partial charge is 0.329 e. The molecule has 0 aliphatic heterocycles. The van der Waals surface area contributed by atoms with Gasteiger partial charge < -0.3 is 11.1 Å². The second-order valence-corrected chi connectivity index (χ2v) is 6.46. The quantitative estimate of drug-likeness (QED) is 0.726. The molecule has 0 atom stereocenters. The molecule has 1 saturated carbocycles. The first-order chi connectivity index (χ1) is 11.6. The summed E-state index contributed by atoms with van der Waals surface area (Å²) in [5.74, 6) is 0.713. The van der Waals surface area contributed by atoms with Crippen molar-refractivity contribution in [3.05, 3.63) is 47.0 Å². The Kier molecular flexibility index (Phi) is 3.52. The van der Waals surface area contributed by atoms with E-state index in [9.17, 15) is 4.79 Å². The van der Waals surface area contributed by atoms with Gasteiger partial charge in [-0.05, 0) is 31.0 Å². The van der Waals surface area contributed by atoms with Crippen LogP contribution in [0.15, 0.2) is 41.3 Å². The van der Waals surface area contributed by atoms with Crippen LogP contribution in [0.2, 0.25) is 0 Å². The van der Waals surface area contributed by atoms with Gasteiger partial charge in [0.25, 0.3) is 0 Å². The second-order valence-electron chi connectivity index (χ2n) is 6.46. The van der Waals surface area contributed by atoms with E-state index in [1.165, 1.54) is 12.8 Å². The SMILES string of the molecule is Cn1c(=O)n(C2CCCC2)c2cc(Nc3cccc(N)c3)ncc21. The van der Waals surface area contributed by atoms with Crippen molar-refractivity contribution in [2.24, 2.45) is 7.05 Å². The summed E-state index contributed by atoms with van der Waals surface area (Å²) in [6.45, 7) is 0. The fraction of sp³-hybridized carbons (Fsp3) is 0.333. The van der Waals surface area contributed by atoms with Gasteiger partial charge in [0.1, 0.15) is 5.82 Å². The number of pyridine rings is 1.